The van der Waals surface area contributed by atoms with Gasteiger partial charge in [0.1, 0.15) is 11.5 Å². The molecule has 1 heterocycles. The van der Waals surface area contributed by atoms with Crippen molar-refractivity contribution in [3.63, 3.8) is 0 Å². The summed E-state index contributed by atoms with van der Waals surface area (Å²) in [5, 5.41) is 2.82. The van der Waals surface area contributed by atoms with Gasteiger partial charge in [0.05, 0.1) is 11.1 Å². The molecule has 1 aliphatic heterocycles. The molecule has 3 aliphatic rings. The molecule has 1 N–H and O–H groups in total. The maximum atomic E-state index is 13.1. The number of nitrogens with one attached hydrogen (secondary N) is 1. The Hall–Kier alpha value is -3.39. The van der Waals surface area contributed by atoms with Crippen LogP contribution in [0.15, 0.2) is 63.5 Å². The van der Waals surface area contributed by atoms with Crippen molar-refractivity contribution in [3.8, 4) is 11.5 Å². The van der Waals surface area contributed by atoms with Crippen LogP contribution in [0.1, 0.15) is 62.5 Å². The zero-order chi connectivity index (χ0) is 26.8. The lowest BCUT2D eigenvalue weighted by Crippen LogP contribution is -2.30. The minimum Gasteiger partial charge on any atom is -0.490 e. The minimum atomic E-state index is -0.510. The highest BCUT2D eigenvalue weighted by Gasteiger charge is 2.42. The van der Waals surface area contributed by atoms with E-state index >= 15 is 0 Å². The average molecular weight is 580 g/mol. The highest BCUT2D eigenvalue weighted by atomic mass is 79.9. The maximum absolute atomic E-state index is 13.1. The van der Waals surface area contributed by atoms with Crippen LogP contribution in [0.3, 0.4) is 0 Å². The summed E-state index contributed by atoms with van der Waals surface area (Å²) < 4.78 is 18.5. The average Bonchev–Trinajstić information content (AvgIpc) is 2.89. The van der Waals surface area contributed by atoms with Crippen molar-refractivity contribution in [1.82, 2.24) is 0 Å². The third-order valence-corrected chi connectivity index (χ3v) is 7.58. The second-order valence-electron chi connectivity index (χ2n) is 9.73. The fourth-order valence-corrected chi connectivity index (χ4v) is 5.85. The molecule has 38 heavy (non-hydrogen) atoms. The van der Waals surface area contributed by atoms with E-state index in [1.807, 2.05) is 50.2 Å². The molecule has 0 fully saturated rings. The van der Waals surface area contributed by atoms with Crippen molar-refractivity contribution in [2.24, 2.45) is 0 Å². The number of benzene rings is 2. The van der Waals surface area contributed by atoms with Crippen LogP contribution < -0.4 is 14.8 Å². The lowest BCUT2D eigenvalue weighted by Gasteiger charge is -2.36. The van der Waals surface area contributed by atoms with E-state index < -0.39 is 5.92 Å². The molecule has 8 heteroatoms. The number of ketones is 2. The molecule has 0 saturated carbocycles. The topological polar surface area (TPSA) is 90.9 Å². The Labute approximate surface area is 230 Å². The van der Waals surface area contributed by atoms with E-state index in [4.69, 9.17) is 14.2 Å². The van der Waals surface area contributed by atoms with Gasteiger partial charge in [-0.3, -0.25) is 14.4 Å². The number of hydrogen-bond acceptors (Lipinski definition) is 6. The number of aryl methyl sites for hydroxylation is 1. The summed E-state index contributed by atoms with van der Waals surface area (Å²) in [6.45, 7) is 3.99. The number of Topliss-reactive ketones (excluding diaryl/α,β-unsaturated/α-hetero) is 2. The lowest BCUT2D eigenvalue weighted by molar-refractivity contribution is -0.119. The van der Waals surface area contributed by atoms with Crippen molar-refractivity contribution in [2.45, 2.75) is 58.3 Å². The van der Waals surface area contributed by atoms with Crippen LogP contribution in [-0.4, -0.2) is 30.7 Å². The standard InChI is InChI=1S/C30H30BrNO6/c1-3-36-25-15-18(14-20(31)30(25)37-16-26(35)32-19-12-10-17(2)11-13-19)27-28-21(33)6-4-8-23(28)38-24-9-5-7-22(34)29(24)27/h10-15,27H,3-9,16H2,1-2H3,(H,32,35). The van der Waals surface area contributed by atoms with Crippen molar-refractivity contribution < 1.29 is 28.6 Å². The van der Waals surface area contributed by atoms with Crippen LogP contribution in [0.4, 0.5) is 5.69 Å². The first-order chi connectivity index (χ1) is 18.4. The Balaban J connectivity index is 1.47. The number of carbonyl (C=O) groups excluding carboxylic acids is 3. The molecule has 0 atom stereocenters. The molecule has 0 spiro atoms. The van der Waals surface area contributed by atoms with Gasteiger partial charge in [-0.15, -0.1) is 0 Å². The molecular weight excluding hydrogens is 550 g/mol. The highest BCUT2D eigenvalue weighted by molar-refractivity contribution is 9.10. The summed E-state index contributed by atoms with van der Waals surface area (Å²) in [6.07, 6.45) is 3.72. The maximum Gasteiger partial charge on any atom is 0.262 e. The molecule has 0 saturated heterocycles. The summed E-state index contributed by atoms with van der Waals surface area (Å²) in [5.41, 5.74) is 3.69. The first-order valence-electron chi connectivity index (χ1n) is 13.0. The zero-order valence-corrected chi connectivity index (χ0v) is 23.1. The number of carbonyl (C=O) groups is 3. The number of hydrogen-bond donors (Lipinski definition) is 1. The van der Waals surface area contributed by atoms with Crippen LogP contribution in [-0.2, 0) is 19.1 Å². The predicted molar refractivity (Wildman–Crippen MR) is 146 cm³/mol. The zero-order valence-electron chi connectivity index (χ0n) is 21.5. The molecule has 0 aromatic heterocycles. The molecule has 2 aliphatic carbocycles. The molecule has 2 aromatic rings. The summed E-state index contributed by atoms with van der Waals surface area (Å²) in [6, 6.07) is 11.2. The summed E-state index contributed by atoms with van der Waals surface area (Å²) in [5.74, 6) is 1.40. The first-order valence-corrected chi connectivity index (χ1v) is 13.8. The van der Waals surface area contributed by atoms with Crippen LogP contribution >= 0.6 is 15.9 Å². The SMILES string of the molecule is CCOc1cc(C2C3=C(CCCC3=O)OC3=C2C(=O)CCC3)cc(Br)c1OCC(=O)Nc1ccc(C)cc1. The quantitative estimate of drug-likeness (QED) is 0.414. The van der Waals surface area contributed by atoms with Gasteiger partial charge >= 0.3 is 0 Å². The van der Waals surface area contributed by atoms with Crippen molar-refractivity contribution in [1.29, 1.82) is 0 Å². The number of rotatable bonds is 7. The number of anilines is 1. The van der Waals surface area contributed by atoms with Crippen molar-refractivity contribution in [3.05, 3.63) is 74.7 Å². The molecule has 7 nitrogen and oxygen atoms in total. The predicted octanol–water partition coefficient (Wildman–Crippen LogP) is 6.30. The third-order valence-electron chi connectivity index (χ3n) is 6.99. The Morgan fingerprint density at radius 1 is 0.974 bits per heavy atom. The highest BCUT2D eigenvalue weighted by Crippen LogP contribution is 2.50. The Morgan fingerprint density at radius 3 is 2.21 bits per heavy atom. The van der Waals surface area contributed by atoms with Crippen LogP contribution in [0.5, 0.6) is 11.5 Å². The van der Waals surface area contributed by atoms with E-state index in [2.05, 4.69) is 21.2 Å². The van der Waals surface area contributed by atoms with Gasteiger partial charge in [0.2, 0.25) is 0 Å². The fraction of sp³-hybridized carbons (Fsp3) is 0.367. The van der Waals surface area contributed by atoms with Crippen LogP contribution in [0.25, 0.3) is 0 Å². The van der Waals surface area contributed by atoms with Gasteiger partial charge in [-0.25, -0.2) is 0 Å². The molecule has 1 amide bonds. The molecular formula is C30H30BrNO6. The first kappa shape index (κ1) is 26.2. The molecule has 0 radical (unpaired) electrons. The van der Waals surface area contributed by atoms with Gasteiger partial charge in [0.15, 0.2) is 29.7 Å². The van der Waals surface area contributed by atoms with Gasteiger partial charge in [0.25, 0.3) is 5.91 Å². The van der Waals surface area contributed by atoms with E-state index in [-0.39, 0.29) is 24.1 Å². The smallest absolute Gasteiger partial charge is 0.262 e. The molecule has 5 rings (SSSR count). The van der Waals surface area contributed by atoms with E-state index in [9.17, 15) is 14.4 Å². The number of amides is 1. The second kappa shape index (κ2) is 11.2. The minimum absolute atomic E-state index is 0.0170. The Bertz CT molecular complexity index is 1320. The molecule has 0 unspecified atom stereocenters. The molecule has 0 bridgehead atoms. The van der Waals surface area contributed by atoms with E-state index in [1.165, 1.54) is 0 Å². The van der Waals surface area contributed by atoms with Crippen molar-refractivity contribution >= 4 is 39.1 Å². The summed E-state index contributed by atoms with van der Waals surface area (Å²) >= 11 is 3.60. The van der Waals surface area contributed by atoms with E-state index in [0.717, 1.165) is 24.0 Å². The molecule has 198 valence electrons. The van der Waals surface area contributed by atoms with E-state index in [0.29, 0.717) is 76.6 Å². The van der Waals surface area contributed by atoms with Gasteiger partial charge in [0, 0.05) is 48.4 Å². The second-order valence-corrected chi connectivity index (χ2v) is 10.6. The third kappa shape index (κ3) is 5.27. The summed E-state index contributed by atoms with van der Waals surface area (Å²) in [4.78, 5) is 38.8. The number of halogens is 1. The Morgan fingerprint density at radius 2 is 1.61 bits per heavy atom. The lowest BCUT2D eigenvalue weighted by atomic mass is 9.73. The molecule has 2 aromatic carbocycles. The summed E-state index contributed by atoms with van der Waals surface area (Å²) in [7, 11) is 0. The van der Waals surface area contributed by atoms with Gasteiger partial charge in [-0.2, -0.15) is 0 Å². The Kier molecular flexibility index (Phi) is 7.70. The van der Waals surface area contributed by atoms with Gasteiger partial charge in [-0.05, 0) is 72.4 Å². The monoisotopic (exact) mass is 579 g/mol. The largest absolute Gasteiger partial charge is 0.490 e. The van der Waals surface area contributed by atoms with E-state index in [1.54, 1.807) is 0 Å². The van der Waals surface area contributed by atoms with Crippen molar-refractivity contribution in [2.75, 3.05) is 18.5 Å². The fourth-order valence-electron chi connectivity index (χ4n) is 5.28. The van der Waals surface area contributed by atoms with Crippen LogP contribution in [0.2, 0.25) is 0 Å². The normalized spacial score (nSPS) is 17.6. The number of ether oxygens (including phenoxy) is 3. The van der Waals surface area contributed by atoms with Gasteiger partial charge in [-0.1, -0.05) is 17.7 Å². The van der Waals surface area contributed by atoms with Crippen LogP contribution in [0, 0.1) is 6.92 Å². The van der Waals surface area contributed by atoms with Gasteiger partial charge < -0.3 is 19.5 Å². The number of allylic oxidation sites excluding steroid dienone is 4.